The summed E-state index contributed by atoms with van der Waals surface area (Å²) in [4.78, 5) is 4.44. The second-order valence-corrected chi connectivity index (χ2v) is 5.55. The topological polar surface area (TPSA) is 56.7 Å². The van der Waals surface area contributed by atoms with Crippen LogP contribution in [0, 0.1) is 5.92 Å². The molecule has 0 saturated heterocycles. The predicted molar refractivity (Wildman–Crippen MR) is 73.8 cm³/mol. The first-order valence-corrected chi connectivity index (χ1v) is 6.92. The smallest absolute Gasteiger partial charge is 0.276 e. The summed E-state index contributed by atoms with van der Waals surface area (Å²) < 4.78 is 7.28. The molecule has 5 nitrogen and oxygen atoms in total. The number of hydrogen-bond acceptors (Lipinski definition) is 4. The Morgan fingerprint density at radius 2 is 2.00 bits per heavy atom. The molecule has 0 aliphatic carbocycles. The minimum absolute atomic E-state index is 0.269. The number of rotatable bonds is 5. The minimum Gasteiger partial charge on any atom is -0.332 e. The minimum atomic E-state index is 0.269. The molecule has 0 amide bonds. The van der Waals surface area contributed by atoms with E-state index >= 15 is 0 Å². The van der Waals surface area contributed by atoms with Gasteiger partial charge in [-0.2, -0.15) is 10.1 Å². The van der Waals surface area contributed by atoms with Crippen molar-refractivity contribution in [2.24, 2.45) is 5.92 Å². The third-order valence-electron chi connectivity index (χ3n) is 2.92. The molecule has 104 valence electrons. The molecule has 0 aliphatic rings. The Kier molecular flexibility index (Phi) is 4.02. The molecule has 0 radical (unpaired) electrons. The number of hydrogen-bond donors (Lipinski definition) is 0. The molecule has 0 atom stereocenters. The van der Waals surface area contributed by atoms with Gasteiger partial charge in [0.05, 0.1) is 5.69 Å². The van der Waals surface area contributed by atoms with Gasteiger partial charge in [0, 0.05) is 12.5 Å². The molecule has 2 rings (SSSR count). The van der Waals surface area contributed by atoms with Crippen LogP contribution in [0.5, 0.6) is 0 Å². The van der Waals surface area contributed by atoms with Crippen molar-refractivity contribution in [1.29, 1.82) is 0 Å². The first kappa shape index (κ1) is 13.8. The van der Waals surface area contributed by atoms with Crippen LogP contribution in [0.25, 0.3) is 11.6 Å². The van der Waals surface area contributed by atoms with Gasteiger partial charge in [-0.3, -0.25) is 4.68 Å². The normalized spacial score (nSPS) is 11.7. The Bertz CT molecular complexity index is 539. The van der Waals surface area contributed by atoms with Crippen molar-refractivity contribution in [3.63, 3.8) is 0 Å². The van der Waals surface area contributed by atoms with Gasteiger partial charge in [-0.05, 0) is 25.3 Å². The lowest BCUT2D eigenvalue weighted by Gasteiger charge is -2.00. The summed E-state index contributed by atoms with van der Waals surface area (Å²) in [6, 6.07) is 2.06. The van der Waals surface area contributed by atoms with Crippen LogP contribution >= 0.6 is 0 Å². The maximum absolute atomic E-state index is 5.35. The summed E-state index contributed by atoms with van der Waals surface area (Å²) in [6.45, 7) is 11.3. The van der Waals surface area contributed by atoms with Gasteiger partial charge in [-0.1, -0.05) is 32.9 Å². The zero-order chi connectivity index (χ0) is 14.0. The van der Waals surface area contributed by atoms with Crippen molar-refractivity contribution < 1.29 is 4.52 Å². The average molecular weight is 262 g/mol. The fourth-order valence-electron chi connectivity index (χ4n) is 1.97. The Balaban J connectivity index is 2.34. The second kappa shape index (κ2) is 5.55. The lowest BCUT2D eigenvalue weighted by Crippen LogP contribution is -2.01. The summed E-state index contributed by atoms with van der Waals surface area (Å²) in [5.74, 6) is 2.16. The van der Waals surface area contributed by atoms with E-state index in [1.807, 2.05) is 4.68 Å². The summed E-state index contributed by atoms with van der Waals surface area (Å²) in [7, 11) is 0. The molecule has 0 N–H and O–H groups in total. The Morgan fingerprint density at radius 3 is 2.53 bits per heavy atom. The van der Waals surface area contributed by atoms with E-state index in [0.717, 1.165) is 30.2 Å². The highest BCUT2D eigenvalue weighted by Gasteiger charge is 2.17. The molecular formula is C14H22N4O. The van der Waals surface area contributed by atoms with Crippen LogP contribution in [-0.2, 0) is 13.0 Å². The molecule has 2 heterocycles. The molecule has 5 heteroatoms. The van der Waals surface area contributed by atoms with Gasteiger partial charge in [0.25, 0.3) is 5.89 Å². The SMILES string of the molecule is CCn1nc(CC(C)C)cc1-c1nc(C(C)C)no1. The summed E-state index contributed by atoms with van der Waals surface area (Å²) >= 11 is 0. The maximum atomic E-state index is 5.35. The summed E-state index contributed by atoms with van der Waals surface area (Å²) in [6.07, 6.45) is 0.963. The van der Waals surface area contributed by atoms with Crippen molar-refractivity contribution >= 4 is 0 Å². The van der Waals surface area contributed by atoms with Crippen molar-refractivity contribution in [3.05, 3.63) is 17.6 Å². The highest BCUT2D eigenvalue weighted by Crippen LogP contribution is 2.22. The fourth-order valence-corrected chi connectivity index (χ4v) is 1.97. The van der Waals surface area contributed by atoms with Gasteiger partial charge in [0.15, 0.2) is 5.82 Å². The van der Waals surface area contributed by atoms with Crippen molar-refractivity contribution in [3.8, 4) is 11.6 Å². The highest BCUT2D eigenvalue weighted by molar-refractivity contribution is 5.48. The molecule has 2 aromatic heterocycles. The number of nitrogens with zero attached hydrogens (tertiary/aromatic N) is 4. The van der Waals surface area contributed by atoms with Gasteiger partial charge >= 0.3 is 0 Å². The zero-order valence-corrected chi connectivity index (χ0v) is 12.3. The van der Waals surface area contributed by atoms with E-state index in [2.05, 4.69) is 55.9 Å². The molecule has 0 bridgehead atoms. The van der Waals surface area contributed by atoms with Crippen LogP contribution in [0.4, 0.5) is 0 Å². The van der Waals surface area contributed by atoms with Crippen LogP contribution in [0.3, 0.4) is 0 Å². The van der Waals surface area contributed by atoms with Gasteiger partial charge in [-0.25, -0.2) is 0 Å². The Hall–Kier alpha value is -1.65. The highest BCUT2D eigenvalue weighted by atomic mass is 16.5. The second-order valence-electron chi connectivity index (χ2n) is 5.55. The summed E-state index contributed by atoms with van der Waals surface area (Å²) in [5, 5.41) is 8.60. The van der Waals surface area contributed by atoms with Gasteiger partial charge in [0.2, 0.25) is 0 Å². The molecule has 2 aromatic rings. The lowest BCUT2D eigenvalue weighted by atomic mass is 10.1. The quantitative estimate of drug-likeness (QED) is 0.829. The van der Waals surface area contributed by atoms with Crippen molar-refractivity contribution in [1.82, 2.24) is 19.9 Å². The number of aromatic nitrogens is 4. The molecule has 0 fully saturated rings. The molecule has 0 aliphatic heterocycles. The van der Waals surface area contributed by atoms with Gasteiger partial charge in [0.1, 0.15) is 5.69 Å². The Morgan fingerprint density at radius 1 is 1.26 bits per heavy atom. The third-order valence-corrected chi connectivity index (χ3v) is 2.92. The van der Waals surface area contributed by atoms with E-state index in [4.69, 9.17) is 4.52 Å². The van der Waals surface area contributed by atoms with Gasteiger partial charge < -0.3 is 4.52 Å². The molecule has 0 saturated carbocycles. The standard InChI is InChI=1S/C14H22N4O/c1-6-18-12(8-11(16-18)7-9(2)3)14-15-13(10(4)5)17-19-14/h8-10H,6-7H2,1-5H3. The summed E-state index contributed by atoms with van der Waals surface area (Å²) in [5.41, 5.74) is 1.99. The van der Waals surface area contributed by atoms with Crippen LogP contribution in [0.15, 0.2) is 10.6 Å². The number of aryl methyl sites for hydroxylation is 1. The first-order chi connectivity index (χ1) is 9.01. The van der Waals surface area contributed by atoms with Gasteiger partial charge in [-0.15, -0.1) is 0 Å². The van der Waals surface area contributed by atoms with E-state index in [9.17, 15) is 0 Å². The van der Waals surface area contributed by atoms with Crippen LogP contribution in [0.1, 0.15) is 52.1 Å². The average Bonchev–Trinajstić information content (AvgIpc) is 2.93. The van der Waals surface area contributed by atoms with E-state index in [1.165, 1.54) is 0 Å². The predicted octanol–water partition coefficient (Wildman–Crippen LogP) is 3.27. The van der Waals surface area contributed by atoms with Crippen molar-refractivity contribution in [2.45, 2.75) is 53.5 Å². The van der Waals surface area contributed by atoms with E-state index in [1.54, 1.807) is 0 Å². The fraction of sp³-hybridized carbons (Fsp3) is 0.643. The monoisotopic (exact) mass is 262 g/mol. The van der Waals surface area contributed by atoms with Crippen LogP contribution in [-0.4, -0.2) is 19.9 Å². The molecule has 0 spiro atoms. The first-order valence-electron chi connectivity index (χ1n) is 6.92. The van der Waals surface area contributed by atoms with Crippen molar-refractivity contribution in [2.75, 3.05) is 0 Å². The van der Waals surface area contributed by atoms with Crippen LogP contribution < -0.4 is 0 Å². The Labute approximate surface area is 114 Å². The molecule has 0 aromatic carbocycles. The molecule has 0 unspecified atom stereocenters. The van der Waals surface area contributed by atoms with E-state index in [-0.39, 0.29) is 5.92 Å². The zero-order valence-electron chi connectivity index (χ0n) is 12.3. The van der Waals surface area contributed by atoms with E-state index < -0.39 is 0 Å². The molecule has 19 heavy (non-hydrogen) atoms. The van der Waals surface area contributed by atoms with E-state index in [0.29, 0.717) is 11.8 Å². The maximum Gasteiger partial charge on any atom is 0.276 e. The largest absolute Gasteiger partial charge is 0.332 e. The lowest BCUT2D eigenvalue weighted by molar-refractivity contribution is 0.415. The third kappa shape index (κ3) is 3.03. The molecular weight excluding hydrogens is 240 g/mol. The van der Waals surface area contributed by atoms with Crippen LogP contribution in [0.2, 0.25) is 0 Å².